The summed E-state index contributed by atoms with van der Waals surface area (Å²) in [4.78, 5) is 0. The van der Waals surface area contributed by atoms with Crippen LogP contribution in [0.4, 0.5) is 0 Å². The van der Waals surface area contributed by atoms with Crippen LogP contribution in [0.1, 0.15) is 30.4 Å². The van der Waals surface area contributed by atoms with E-state index >= 15 is 0 Å². The number of aliphatic hydroxyl groups excluding tert-OH is 1. The van der Waals surface area contributed by atoms with Crippen molar-refractivity contribution < 1.29 is 13.9 Å². The fourth-order valence-corrected chi connectivity index (χ4v) is 3.11. The SMILES string of the molecule is O=S([O-])NCC1(Cc2ccc(CCO)cc2)CCC1. The topological polar surface area (TPSA) is 72.4 Å². The Morgan fingerprint density at radius 1 is 1.26 bits per heavy atom. The summed E-state index contributed by atoms with van der Waals surface area (Å²) in [6.07, 6.45) is 4.93. The zero-order chi connectivity index (χ0) is 13.7. The summed E-state index contributed by atoms with van der Waals surface area (Å²) in [5, 5.41) is 8.88. The largest absolute Gasteiger partial charge is 0.760 e. The van der Waals surface area contributed by atoms with Crippen molar-refractivity contribution in [1.82, 2.24) is 4.72 Å². The van der Waals surface area contributed by atoms with E-state index in [1.54, 1.807) is 0 Å². The highest BCUT2D eigenvalue weighted by atomic mass is 32.2. The first-order valence-electron chi connectivity index (χ1n) is 6.65. The second-order valence-electron chi connectivity index (χ2n) is 5.38. The summed E-state index contributed by atoms with van der Waals surface area (Å²) >= 11 is -2.17. The van der Waals surface area contributed by atoms with Gasteiger partial charge < -0.3 is 9.66 Å². The van der Waals surface area contributed by atoms with Crippen molar-refractivity contribution in [3.8, 4) is 0 Å². The van der Waals surface area contributed by atoms with Crippen LogP contribution < -0.4 is 4.72 Å². The van der Waals surface area contributed by atoms with E-state index in [0.29, 0.717) is 13.0 Å². The van der Waals surface area contributed by atoms with Gasteiger partial charge in [-0.3, -0.25) is 4.21 Å². The van der Waals surface area contributed by atoms with E-state index in [4.69, 9.17) is 5.11 Å². The van der Waals surface area contributed by atoms with Gasteiger partial charge in [0.15, 0.2) is 0 Å². The minimum Gasteiger partial charge on any atom is -0.760 e. The highest BCUT2D eigenvalue weighted by molar-refractivity contribution is 7.77. The zero-order valence-corrected chi connectivity index (χ0v) is 11.7. The molecule has 0 amide bonds. The fourth-order valence-electron chi connectivity index (χ4n) is 2.69. The average Bonchev–Trinajstić information content (AvgIpc) is 2.35. The molecule has 0 aromatic heterocycles. The Balaban J connectivity index is 1.95. The van der Waals surface area contributed by atoms with Crippen LogP contribution in [0, 0.1) is 5.41 Å². The quantitative estimate of drug-likeness (QED) is 0.741. The van der Waals surface area contributed by atoms with Gasteiger partial charge in [-0.1, -0.05) is 30.7 Å². The van der Waals surface area contributed by atoms with Crippen LogP contribution >= 0.6 is 0 Å². The third-order valence-corrected chi connectivity index (χ3v) is 4.36. The molecule has 0 saturated heterocycles. The molecule has 1 aromatic carbocycles. The van der Waals surface area contributed by atoms with Crippen molar-refractivity contribution in [3.05, 3.63) is 35.4 Å². The van der Waals surface area contributed by atoms with Crippen LogP contribution in [-0.4, -0.2) is 27.0 Å². The minimum atomic E-state index is -2.17. The molecule has 2 rings (SSSR count). The van der Waals surface area contributed by atoms with E-state index in [1.165, 1.54) is 12.0 Å². The molecule has 0 bridgehead atoms. The minimum absolute atomic E-state index is 0.0958. The molecule has 0 aliphatic heterocycles. The summed E-state index contributed by atoms with van der Waals surface area (Å²) in [6.45, 7) is 0.698. The van der Waals surface area contributed by atoms with Gasteiger partial charge in [0, 0.05) is 24.4 Å². The second-order valence-corrected chi connectivity index (χ2v) is 6.13. The molecule has 1 aliphatic rings. The molecule has 106 valence electrons. The molecular weight excluding hydrogens is 262 g/mol. The third-order valence-electron chi connectivity index (χ3n) is 3.98. The average molecular weight is 282 g/mol. The lowest BCUT2D eigenvalue weighted by atomic mass is 9.65. The first-order valence-corrected chi connectivity index (χ1v) is 7.72. The van der Waals surface area contributed by atoms with Crippen LogP contribution in [0.5, 0.6) is 0 Å². The highest BCUT2D eigenvalue weighted by Crippen LogP contribution is 2.43. The first kappa shape index (κ1) is 14.7. The van der Waals surface area contributed by atoms with Crippen molar-refractivity contribution >= 4 is 11.3 Å². The molecular formula is C14H20NO3S-. The lowest BCUT2D eigenvalue weighted by molar-refractivity contribution is 0.138. The van der Waals surface area contributed by atoms with E-state index in [0.717, 1.165) is 24.8 Å². The molecule has 1 aromatic rings. The molecule has 0 heterocycles. The van der Waals surface area contributed by atoms with Gasteiger partial charge in [-0.2, -0.15) is 0 Å². The van der Waals surface area contributed by atoms with Crippen molar-refractivity contribution in [2.45, 2.75) is 32.1 Å². The molecule has 1 fully saturated rings. The van der Waals surface area contributed by atoms with E-state index in [2.05, 4.69) is 16.9 Å². The van der Waals surface area contributed by atoms with Gasteiger partial charge in [0.25, 0.3) is 0 Å². The van der Waals surface area contributed by atoms with Crippen LogP contribution in [0.3, 0.4) is 0 Å². The summed E-state index contributed by atoms with van der Waals surface area (Å²) in [7, 11) is 0. The number of hydrogen-bond acceptors (Lipinski definition) is 3. The van der Waals surface area contributed by atoms with Gasteiger partial charge in [-0.05, 0) is 42.2 Å². The van der Waals surface area contributed by atoms with Gasteiger partial charge in [0.2, 0.25) is 0 Å². The third kappa shape index (κ3) is 4.11. The molecule has 0 spiro atoms. The lowest BCUT2D eigenvalue weighted by Crippen LogP contribution is -2.42. The van der Waals surface area contributed by atoms with Crippen LogP contribution in [0.2, 0.25) is 0 Å². The highest BCUT2D eigenvalue weighted by Gasteiger charge is 2.36. The smallest absolute Gasteiger partial charge is 0.0471 e. The number of rotatable bonds is 7. The van der Waals surface area contributed by atoms with E-state index < -0.39 is 11.3 Å². The van der Waals surface area contributed by atoms with Crippen LogP contribution in [0.25, 0.3) is 0 Å². The van der Waals surface area contributed by atoms with Crippen molar-refractivity contribution in [2.24, 2.45) is 5.41 Å². The number of benzene rings is 1. The van der Waals surface area contributed by atoms with Gasteiger partial charge in [-0.15, -0.1) is 0 Å². The van der Waals surface area contributed by atoms with Crippen molar-refractivity contribution in [2.75, 3.05) is 13.2 Å². The summed E-state index contributed by atoms with van der Waals surface area (Å²) in [6, 6.07) is 8.24. The van der Waals surface area contributed by atoms with Crippen molar-refractivity contribution in [1.29, 1.82) is 0 Å². The standard InChI is InChI=1S/C14H21NO3S/c16-9-6-12-2-4-13(5-3-12)10-14(7-1-8-14)11-15-19(17)18/h2-5,15-16H,1,6-11H2,(H,17,18)/p-1. The Morgan fingerprint density at radius 3 is 2.37 bits per heavy atom. The number of nitrogens with one attached hydrogen (secondary N) is 1. The molecule has 4 nitrogen and oxygen atoms in total. The van der Waals surface area contributed by atoms with E-state index in [9.17, 15) is 8.76 Å². The Morgan fingerprint density at radius 2 is 1.89 bits per heavy atom. The summed E-state index contributed by atoms with van der Waals surface area (Å²) in [5.41, 5.74) is 2.46. The first-order chi connectivity index (χ1) is 9.13. The van der Waals surface area contributed by atoms with Gasteiger partial charge >= 0.3 is 0 Å². The van der Waals surface area contributed by atoms with Crippen LogP contribution in [0.15, 0.2) is 24.3 Å². The monoisotopic (exact) mass is 282 g/mol. The maximum atomic E-state index is 10.6. The molecule has 5 heteroatoms. The Hall–Kier alpha value is -0.750. The Kier molecular flexibility index (Phi) is 5.10. The lowest BCUT2D eigenvalue weighted by Gasteiger charge is -2.42. The number of aliphatic hydroxyl groups is 1. The number of hydrogen-bond donors (Lipinski definition) is 2. The predicted molar refractivity (Wildman–Crippen MR) is 74.1 cm³/mol. The maximum Gasteiger partial charge on any atom is 0.0471 e. The van der Waals surface area contributed by atoms with Crippen molar-refractivity contribution in [3.63, 3.8) is 0 Å². The molecule has 1 atom stereocenters. The summed E-state index contributed by atoms with van der Waals surface area (Å²) in [5.74, 6) is 0. The fraction of sp³-hybridized carbons (Fsp3) is 0.571. The van der Waals surface area contributed by atoms with Gasteiger partial charge in [0.1, 0.15) is 0 Å². The predicted octanol–water partition coefficient (Wildman–Crippen LogP) is 1.32. The molecule has 2 N–H and O–H groups in total. The van der Waals surface area contributed by atoms with Crippen LogP contribution in [-0.2, 0) is 24.1 Å². The maximum absolute atomic E-state index is 10.6. The Bertz CT molecular complexity index is 429. The Labute approximate surface area is 116 Å². The molecule has 1 unspecified atom stereocenters. The van der Waals surface area contributed by atoms with E-state index in [1.807, 2.05) is 12.1 Å². The van der Waals surface area contributed by atoms with E-state index in [-0.39, 0.29) is 12.0 Å². The second kappa shape index (κ2) is 6.61. The normalized spacial score (nSPS) is 18.8. The molecule has 0 radical (unpaired) electrons. The molecule has 1 aliphatic carbocycles. The molecule has 19 heavy (non-hydrogen) atoms. The molecule has 1 saturated carbocycles. The van der Waals surface area contributed by atoms with Gasteiger partial charge in [0.05, 0.1) is 0 Å². The van der Waals surface area contributed by atoms with Gasteiger partial charge in [-0.25, -0.2) is 4.72 Å². The summed E-state index contributed by atoms with van der Waals surface area (Å²) < 4.78 is 23.8. The zero-order valence-electron chi connectivity index (χ0n) is 10.9.